The van der Waals surface area contributed by atoms with Gasteiger partial charge in [-0.1, -0.05) is 84.0 Å². The Bertz CT molecular complexity index is 359. The van der Waals surface area contributed by atoms with Gasteiger partial charge < -0.3 is 9.45 Å². The molecule has 160 valence electrons. The van der Waals surface area contributed by atoms with E-state index in [9.17, 15) is 13.0 Å². The van der Waals surface area contributed by atoms with Crippen molar-refractivity contribution in [3.8, 4) is 0 Å². The van der Waals surface area contributed by atoms with Crippen molar-refractivity contribution in [1.29, 1.82) is 0 Å². The number of unbranched alkanes of at least 4 members (excludes halogenated alkanes) is 13. The molecular weight excluding hydrogens is 350 g/mol. The highest BCUT2D eigenvalue weighted by atomic mass is 32.3. The molecule has 5 nitrogen and oxygen atoms in total. The van der Waals surface area contributed by atoms with Crippen LogP contribution in [0.4, 0.5) is 0 Å². The quantitative estimate of drug-likeness (QED) is 0.229. The molecule has 1 N–H and O–H groups in total. The third-order valence-electron chi connectivity index (χ3n) is 4.29. The summed E-state index contributed by atoms with van der Waals surface area (Å²) in [6.45, 7) is 4.97. The molecule has 0 heterocycles. The Kier molecular flexibility index (Phi) is 22.8. The predicted molar refractivity (Wildman–Crippen MR) is 109 cm³/mol. The van der Waals surface area contributed by atoms with Crippen LogP contribution in [0.2, 0.25) is 0 Å². The lowest BCUT2D eigenvalue weighted by atomic mass is 10.0. The Morgan fingerprint density at radius 2 is 1.04 bits per heavy atom. The van der Waals surface area contributed by atoms with Crippen LogP contribution in [0, 0.1) is 0 Å². The van der Waals surface area contributed by atoms with Gasteiger partial charge in [0.2, 0.25) is 10.4 Å². The van der Waals surface area contributed by atoms with Gasteiger partial charge in [0.15, 0.2) is 0 Å². The van der Waals surface area contributed by atoms with Crippen molar-refractivity contribution < 1.29 is 22.1 Å². The number of nitrogens with one attached hydrogen (secondary N) is 1. The van der Waals surface area contributed by atoms with E-state index in [2.05, 4.69) is 25.2 Å². The number of quaternary nitrogens is 1. The van der Waals surface area contributed by atoms with Crippen LogP contribution in [0.1, 0.15) is 104 Å². The molecule has 26 heavy (non-hydrogen) atoms. The van der Waals surface area contributed by atoms with E-state index in [4.69, 9.17) is 0 Å². The topological polar surface area (TPSA) is 70.9 Å². The van der Waals surface area contributed by atoms with E-state index < -0.39 is 10.4 Å². The molecule has 0 fully saturated rings. The summed E-state index contributed by atoms with van der Waals surface area (Å²) in [6, 6.07) is 0. The van der Waals surface area contributed by atoms with Crippen LogP contribution in [0.25, 0.3) is 0 Å². The summed E-state index contributed by atoms with van der Waals surface area (Å²) in [5.74, 6) is 0. The van der Waals surface area contributed by atoms with E-state index in [-0.39, 0.29) is 6.61 Å². The molecule has 0 rings (SSSR count). The van der Waals surface area contributed by atoms with Gasteiger partial charge in [-0.2, -0.15) is 0 Å². The van der Waals surface area contributed by atoms with Crippen LogP contribution in [0.5, 0.6) is 0 Å². The molecule has 0 aromatic rings. The first-order valence-corrected chi connectivity index (χ1v) is 12.1. The molecular formula is C20H45NO4S. The Balaban J connectivity index is 0. The third kappa shape index (κ3) is 31.6. The lowest BCUT2D eigenvalue weighted by Gasteiger charge is -2.06. The van der Waals surface area contributed by atoms with Crippen LogP contribution in [0.3, 0.4) is 0 Å². The summed E-state index contributed by atoms with van der Waals surface area (Å²) in [7, 11) is 0.0803. The smallest absolute Gasteiger partial charge is 0.217 e. The monoisotopic (exact) mass is 395 g/mol. The fraction of sp³-hybridized carbons (Fsp3) is 1.00. The predicted octanol–water partition coefficient (Wildman–Crippen LogP) is 4.10. The Morgan fingerprint density at radius 1 is 0.692 bits per heavy atom. The minimum atomic E-state index is -4.42. The van der Waals surface area contributed by atoms with Crippen molar-refractivity contribution in [2.45, 2.75) is 104 Å². The molecule has 0 aliphatic carbocycles. The zero-order valence-corrected chi connectivity index (χ0v) is 18.7. The molecule has 0 aromatic carbocycles. The van der Waals surface area contributed by atoms with E-state index in [1.165, 1.54) is 103 Å². The highest BCUT2D eigenvalue weighted by Crippen LogP contribution is 2.12. The Hall–Kier alpha value is -0.170. The highest BCUT2D eigenvalue weighted by molar-refractivity contribution is 7.80. The minimum absolute atomic E-state index is 0.0914. The van der Waals surface area contributed by atoms with E-state index in [1.807, 2.05) is 0 Å². The maximum Gasteiger partial charge on any atom is 0.217 e. The summed E-state index contributed by atoms with van der Waals surface area (Å²) >= 11 is 0. The fourth-order valence-electron chi connectivity index (χ4n) is 2.82. The van der Waals surface area contributed by atoms with Crippen molar-refractivity contribution in [2.75, 3.05) is 27.2 Å². The standard InChI is InChI=1S/C18H39N.C2H6O4S/c1-4-5-6-7-8-9-10-11-12-13-14-15-16-17-18-19(2)3;1-2-6-7(3,4)5/h4-18H2,1-3H3;2H2,1H3,(H,3,4,5). The zero-order chi connectivity index (χ0) is 20.1. The summed E-state index contributed by atoms with van der Waals surface area (Å²) in [5, 5.41) is 0. The van der Waals surface area contributed by atoms with E-state index in [0.717, 1.165) is 0 Å². The molecule has 6 heteroatoms. The zero-order valence-electron chi connectivity index (χ0n) is 17.9. The van der Waals surface area contributed by atoms with Gasteiger partial charge in [0.05, 0.1) is 27.2 Å². The van der Waals surface area contributed by atoms with E-state index in [0.29, 0.717) is 0 Å². The molecule has 0 aliphatic heterocycles. The second-order valence-electron chi connectivity index (χ2n) is 7.37. The molecule has 0 saturated carbocycles. The molecule has 0 atom stereocenters. The number of hydrogen-bond donors (Lipinski definition) is 1. The van der Waals surface area contributed by atoms with Gasteiger partial charge in [0.25, 0.3) is 0 Å². The van der Waals surface area contributed by atoms with Crippen LogP contribution in [0.15, 0.2) is 0 Å². The highest BCUT2D eigenvalue weighted by Gasteiger charge is 1.95. The Labute approximate surface area is 163 Å². The molecule has 0 aromatic heterocycles. The first-order chi connectivity index (χ1) is 12.3. The van der Waals surface area contributed by atoms with Gasteiger partial charge in [0, 0.05) is 0 Å². The molecule has 0 unspecified atom stereocenters. The van der Waals surface area contributed by atoms with Crippen molar-refractivity contribution >= 4 is 10.4 Å². The second-order valence-corrected chi connectivity index (χ2v) is 8.42. The summed E-state index contributed by atoms with van der Waals surface area (Å²) in [5.41, 5.74) is 0. The fourth-order valence-corrected chi connectivity index (χ4v) is 3.11. The van der Waals surface area contributed by atoms with Gasteiger partial charge >= 0.3 is 0 Å². The van der Waals surface area contributed by atoms with Crippen LogP contribution in [-0.4, -0.2) is 40.2 Å². The minimum Gasteiger partial charge on any atom is -0.726 e. The summed E-state index contributed by atoms with van der Waals surface area (Å²) < 4.78 is 32.0. The maximum atomic E-state index is 9.45. The van der Waals surface area contributed by atoms with Gasteiger partial charge in [-0.25, -0.2) is 8.42 Å². The van der Waals surface area contributed by atoms with Crippen molar-refractivity contribution in [3.63, 3.8) is 0 Å². The average molecular weight is 396 g/mol. The van der Waals surface area contributed by atoms with Crippen LogP contribution >= 0.6 is 0 Å². The molecule has 0 saturated heterocycles. The summed E-state index contributed by atoms with van der Waals surface area (Å²) in [4.78, 5) is 1.60. The first kappa shape index (κ1) is 28.0. The molecule has 0 amide bonds. The number of hydrogen-bond acceptors (Lipinski definition) is 4. The van der Waals surface area contributed by atoms with Crippen LogP contribution < -0.4 is 4.90 Å². The molecule has 0 radical (unpaired) electrons. The maximum absolute atomic E-state index is 9.45. The molecule has 0 spiro atoms. The SMILES string of the molecule is CCCCCCCCCCCCCCCC[NH+](C)C.CCOS(=O)(=O)[O-]. The molecule has 0 aliphatic rings. The lowest BCUT2D eigenvalue weighted by Crippen LogP contribution is -3.05. The van der Waals surface area contributed by atoms with Gasteiger partial charge in [-0.3, -0.25) is 4.18 Å². The van der Waals surface area contributed by atoms with Crippen molar-refractivity contribution in [1.82, 2.24) is 0 Å². The first-order valence-electron chi connectivity index (χ1n) is 10.7. The van der Waals surface area contributed by atoms with Gasteiger partial charge in [-0.15, -0.1) is 0 Å². The summed E-state index contributed by atoms with van der Waals surface area (Å²) in [6.07, 6.45) is 20.4. The average Bonchev–Trinajstić information content (AvgIpc) is 2.54. The van der Waals surface area contributed by atoms with Crippen LogP contribution in [-0.2, 0) is 14.6 Å². The second kappa shape index (κ2) is 21.1. The van der Waals surface area contributed by atoms with Crippen molar-refractivity contribution in [3.05, 3.63) is 0 Å². The normalized spacial score (nSPS) is 11.5. The molecule has 0 bridgehead atoms. The Morgan fingerprint density at radius 3 is 1.27 bits per heavy atom. The lowest BCUT2D eigenvalue weighted by molar-refractivity contribution is -0.858. The van der Waals surface area contributed by atoms with Gasteiger partial charge in [-0.05, 0) is 19.8 Å². The number of rotatable bonds is 17. The van der Waals surface area contributed by atoms with Crippen molar-refractivity contribution in [2.24, 2.45) is 0 Å². The van der Waals surface area contributed by atoms with Gasteiger partial charge in [0.1, 0.15) is 0 Å². The largest absolute Gasteiger partial charge is 0.726 e. The van der Waals surface area contributed by atoms with E-state index >= 15 is 0 Å². The van der Waals surface area contributed by atoms with E-state index in [1.54, 1.807) is 4.90 Å². The third-order valence-corrected chi connectivity index (χ3v) is 4.82.